The SMILES string of the molecule is Cc1nc(Cl)c(Oc2cccc(Br)c2)nc1C. The summed E-state index contributed by atoms with van der Waals surface area (Å²) in [6.07, 6.45) is 0. The second kappa shape index (κ2) is 5.02. The van der Waals surface area contributed by atoms with Crippen molar-refractivity contribution in [2.75, 3.05) is 0 Å². The van der Waals surface area contributed by atoms with E-state index in [1.807, 2.05) is 38.1 Å². The van der Waals surface area contributed by atoms with Gasteiger partial charge in [0.25, 0.3) is 5.88 Å². The number of benzene rings is 1. The molecule has 0 amide bonds. The first-order chi connectivity index (χ1) is 8.06. The third-order valence-corrected chi connectivity index (χ3v) is 2.99. The highest BCUT2D eigenvalue weighted by molar-refractivity contribution is 9.10. The summed E-state index contributed by atoms with van der Waals surface area (Å²) >= 11 is 9.35. The fourth-order valence-electron chi connectivity index (χ4n) is 1.26. The van der Waals surface area contributed by atoms with Crippen molar-refractivity contribution in [1.82, 2.24) is 9.97 Å². The van der Waals surface area contributed by atoms with Crippen molar-refractivity contribution in [3.8, 4) is 11.6 Å². The van der Waals surface area contributed by atoms with Gasteiger partial charge in [0.15, 0.2) is 5.15 Å². The topological polar surface area (TPSA) is 35.0 Å². The van der Waals surface area contributed by atoms with E-state index in [1.165, 1.54) is 0 Å². The Morgan fingerprint density at radius 3 is 2.59 bits per heavy atom. The van der Waals surface area contributed by atoms with E-state index < -0.39 is 0 Å². The molecule has 0 saturated heterocycles. The molecule has 0 saturated carbocycles. The standard InChI is InChI=1S/C12H10BrClN2O/c1-7-8(2)16-12(11(14)15-7)17-10-5-3-4-9(13)6-10/h3-6H,1-2H3. The van der Waals surface area contributed by atoms with Crippen LogP contribution in [-0.2, 0) is 0 Å². The van der Waals surface area contributed by atoms with Crippen LogP contribution in [0.4, 0.5) is 0 Å². The van der Waals surface area contributed by atoms with Crippen LogP contribution in [-0.4, -0.2) is 9.97 Å². The number of aryl methyl sites for hydroxylation is 2. The van der Waals surface area contributed by atoms with Gasteiger partial charge in [-0.1, -0.05) is 33.6 Å². The van der Waals surface area contributed by atoms with Gasteiger partial charge in [0.1, 0.15) is 5.75 Å². The Labute approximate surface area is 113 Å². The maximum Gasteiger partial charge on any atom is 0.257 e. The Bertz CT molecular complexity index is 560. The lowest BCUT2D eigenvalue weighted by atomic mass is 10.3. The predicted octanol–water partition coefficient (Wildman–Crippen LogP) is 4.30. The smallest absolute Gasteiger partial charge is 0.257 e. The molecule has 1 aromatic carbocycles. The lowest BCUT2D eigenvalue weighted by Gasteiger charge is -2.08. The quantitative estimate of drug-likeness (QED) is 0.829. The van der Waals surface area contributed by atoms with Crippen LogP contribution in [0, 0.1) is 13.8 Å². The lowest BCUT2D eigenvalue weighted by molar-refractivity contribution is 0.458. The van der Waals surface area contributed by atoms with E-state index in [2.05, 4.69) is 25.9 Å². The fourth-order valence-corrected chi connectivity index (χ4v) is 1.85. The first kappa shape index (κ1) is 12.3. The molecule has 0 bridgehead atoms. The largest absolute Gasteiger partial charge is 0.436 e. The average Bonchev–Trinajstić information content (AvgIpc) is 2.26. The maximum absolute atomic E-state index is 5.98. The van der Waals surface area contributed by atoms with Crippen molar-refractivity contribution in [1.29, 1.82) is 0 Å². The molecule has 0 aliphatic rings. The highest BCUT2D eigenvalue weighted by atomic mass is 79.9. The van der Waals surface area contributed by atoms with Gasteiger partial charge in [0.2, 0.25) is 0 Å². The summed E-state index contributed by atoms with van der Waals surface area (Å²) in [7, 11) is 0. The maximum atomic E-state index is 5.98. The van der Waals surface area contributed by atoms with Gasteiger partial charge in [-0.3, -0.25) is 0 Å². The molecule has 0 atom stereocenters. The monoisotopic (exact) mass is 312 g/mol. The van der Waals surface area contributed by atoms with Crippen molar-refractivity contribution in [2.45, 2.75) is 13.8 Å². The van der Waals surface area contributed by atoms with E-state index in [-0.39, 0.29) is 5.15 Å². The van der Waals surface area contributed by atoms with E-state index in [0.717, 1.165) is 15.9 Å². The molecule has 88 valence electrons. The molecule has 0 radical (unpaired) electrons. The summed E-state index contributed by atoms with van der Waals surface area (Å²) in [6.45, 7) is 3.73. The summed E-state index contributed by atoms with van der Waals surface area (Å²) in [5, 5.41) is 0.271. The Morgan fingerprint density at radius 1 is 1.18 bits per heavy atom. The van der Waals surface area contributed by atoms with Crippen LogP contribution in [0.3, 0.4) is 0 Å². The molecular formula is C12H10BrClN2O. The first-order valence-corrected chi connectivity index (χ1v) is 6.17. The highest BCUT2D eigenvalue weighted by Gasteiger charge is 2.09. The Morgan fingerprint density at radius 2 is 1.88 bits per heavy atom. The second-order valence-electron chi connectivity index (χ2n) is 3.55. The number of halogens is 2. The summed E-state index contributed by atoms with van der Waals surface area (Å²) in [4.78, 5) is 8.42. The minimum atomic E-state index is 0.271. The molecule has 1 heterocycles. The van der Waals surface area contributed by atoms with Crippen molar-refractivity contribution in [3.05, 3.63) is 45.3 Å². The molecule has 0 unspecified atom stereocenters. The number of hydrogen-bond donors (Lipinski definition) is 0. The zero-order chi connectivity index (χ0) is 12.4. The summed E-state index contributed by atoms with van der Waals surface area (Å²) in [5.41, 5.74) is 1.61. The summed E-state index contributed by atoms with van der Waals surface area (Å²) in [5.74, 6) is 0.992. The predicted molar refractivity (Wildman–Crippen MR) is 70.7 cm³/mol. The van der Waals surface area contributed by atoms with Crippen molar-refractivity contribution in [2.24, 2.45) is 0 Å². The Kier molecular flexibility index (Phi) is 3.64. The third-order valence-electron chi connectivity index (χ3n) is 2.25. The van der Waals surface area contributed by atoms with Crippen LogP contribution >= 0.6 is 27.5 Å². The lowest BCUT2D eigenvalue weighted by Crippen LogP contribution is -1.97. The van der Waals surface area contributed by atoms with Crippen LogP contribution in [0.5, 0.6) is 11.6 Å². The normalized spacial score (nSPS) is 10.4. The molecule has 0 fully saturated rings. The number of nitrogens with zero attached hydrogens (tertiary/aromatic N) is 2. The Hall–Kier alpha value is -1.13. The van der Waals surface area contributed by atoms with Gasteiger partial charge in [-0.15, -0.1) is 0 Å². The molecule has 0 spiro atoms. The fraction of sp³-hybridized carbons (Fsp3) is 0.167. The van der Waals surface area contributed by atoms with Crippen LogP contribution in [0.15, 0.2) is 28.7 Å². The summed E-state index contributed by atoms with van der Waals surface area (Å²) < 4.78 is 6.52. The third kappa shape index (κ3) is 2.96. The van der Waals surface area contributed by atoms with E-state index in [9.17, 15) is 0 Å². The van der Waals surface area contributed by atoms with Gasteiger partial charge in [0.05, 0.1) is 11.4 Å². The average molecular weight is 314 g/mol. The van der Waals surface area contributed by atoms with Crippen molar-refractivity contribution >= 4 is 27.5 Å². The molecule has 1 aromatic heterocycles. The molecule has 17 heavy (non-hydrogen) atoms. The van der Waals surface area contributed by atoms with E-state index in [1.54, 1.807) is 0 Å². The van der Waals surface area contributed by atoms with Gasteiger partial charge in [-0.25, -0.2) is 9.97 Å². The molecule has 0 aliphatic heterocycles. The minimum absolute atomic E-state index is 0.271. The van der Waals surface area contributed by atoms with Gasteiger partial charge in [0, 0.05) is 4.47 Å². The second-order valence-corrected chi connectivity index (χ2v) is 4.82. The van der Waals surface area contributed by atoms with Gasteiger partial charge in [-0.05, 0) is 32.0 Å². The highest BCUT2D eigenvalue weighted by Crippen LogP contribution is 2.28. The molecule has 0 N–H and O–H groups in total. The molecule has 5 heteroatoms. The molecule has 2 aromatic rings. The van der Waals surface area contributed by atoms with E-state index in [4.69, 9.17) is 16.3 Å². The van der Waals surface area contributed by atoms with Crippen LogP contribution in [0.1, 0.15) is 11.4 Å². The van der Waals surface area contributed by atoms with Crippen LogP contribution in [0.2, 0.25) is 5.15 Å². The zero-order valence-electron chi connectivity index (χ0n) is 9.37. The molecule has 0 aliphatic carbocycles. The van der Waals surface area contributed by atoms with Crippen LogP contribution in [0.25, 0.3) is 0 Å². The van der Waals surface area contributed by atoms with Gasteiger partial charge >= 0.3 is 0 Å². The van der Waals surface area contributed by atoms with Gasteiger partial charge in [-0.2, -0.15) is 0 Å². The zero-order valence-corrected chi connectivity index (χ0v) is 11.7. The number of ether oxygens (including phenoxy) is 1. The van der Waals surface area contributed by atoms with Crippen molar-refractivity contribution < 1.29 is 4.74 Å². The molecule has 2 rings (SSSR count). The Balaban J connectivity index is 2.33. The number of hydrogen-bond acceptors (Lipinski definition) is 3. The minimum Gasteiger partial charge on any atom is -0.436 e. The number of rotatable bonds is 2. The van der Waals surface area contributed by atoms with E-state index in [0.29, 0.717) is 11.6 Å². The van der Waals surface area contributed by atoms with E-state index >= 15 is 0 Å². The van der Waals surface area contributed by atoms with Crippen molar-refractivity contribution in [3.63, 3.8) is 0 Å². The number of aromatic nitrogens is 2. The van der Waals surface area contributed by atoms with Crippen LogP contribution < -0.4 is 4.74 Å². The summed E-state index contributed by atoms with van der Waals surface area (Å²) in [6, 6.07) is 7.47. The molecule has 3 nitrogen and oxygen atoms in total. The van der Waals surface area contributed by atoms with Gasteiger partial charge < -0.3 is 4.74 Å². The first-order valence-electron chi connectivity index (χ1n) is 5.00. The molecular weight excluding hydrogens is 304 g/mol.